The number of anilines is 2. The topological polar surface area (TPSA) is 73.9 Å². The number of rotatable bonds is 10. The van der Waals surface area contributed by atoms with Crippen molar-refractivity contribution in [2.45, 2.75) is 76.3 Å². The molecule has 2 aromatic carbocycles. The Morgan fingerprint density at radius 3 is 1.32 bits per heavy atom. The lowest BCUT2D eigenvalue weighted by Gasteiger charge is -2.34. The van der Waals surface area contributed by atoms with Crippen LogP contribution in [-0.4, -0.2) is 55.4 Å². The molecule has 0 aromatic heterocycles. The summed E-state index contributed by atoms with van der Waals surface area (Å²) in [5.41, 5.74) is 1.36. The van der Waals surface area contributed by atoms with Crippen molar-refractivity contribution >= 4 is 81.5 Å². The van der Waals surface area contributed by atoms with E-state index in [0.717, 1.165) is 51.4 Å². The third-order valence-electron chi connectivity index (χ3n) is 7.66. The largest absolute Gasteiger partial charge is 0.457 e. The first kappa shape index (κ1) is 31.6. The monoisotopic (exact) mass is 630 g/mol. The van der Waals surface area contributed by atoms with Crippen LogP contribution in [0.15, 0.2) is 48.5 Å². The van der Waals surface area contributed by atoms with Crippen LogP contribution in [0.2, 0.25) is 0 Å². The fraction of sp³-hybridized carbons (Fsp3) is 0.467. The Kier molecular flexibility index (Phi) is 12.1. The first-order valence-corrected chi connectivity index (χ1v) is 16.0. The van der Waals surface area contributed by atoms with E-state index in [0.29, 0.717) is 31.5 Å². The summed E-state index contributed by atoms with van der Waals surface area (Å²) in [6, 6.07) is 15.0. The van der Waals surface area contributed by atoms with E-state index < -0.39 is 0 Å². The third kappa shape index (κ3) is 9.87. The van der Waals surface area contributed by atoms with Crippen molar-refractivity contribution in [1.82, 2.24) is 9.80 Å². The van der Waals surface area contributed by atoms with Gasteiger partial charge in [-0.1, -0.05) is 63.0 Å². The zero-order valence-electron chi connectivity index (χ0n) is 23.1. The van der Waals surface area contributed by atoms with E-state index in [-0.39, 0.29) is 37.0 Å². The summed E-state index contributed by atoms with van der Waals surface area (Å²) >= 11 is 19.3. The highest BCUT2D eigenvalue weighted by Gasteiger charge is 2.25. The highest BCUT2D eigenvalue weighted by molar-refractivity contribution is 8.11. The van der Waals surface area contributed by atoms with E-state index >= 15 is 0 Å². The SMILES string of the molecule is O=C(CN(C(=S)S)C1CCCCC1)Nc1ccc(Oc2ccc(NC(=O)CN(C(=S)S)C3CCCCC3)cc2)cc1. The van der Waals surface area contributed by atoms with Crippen LogP contribution in [-0.2, 0) is 9.59 Å². The number of thiol groups is 2. The standard InChI is InChI=1S/C30H38N4O3S4/c35-27(19-33(29(38)39)23-7-3-1-4-8-23)31-21-11-15-25(16-12-21)37-26-17-13-22(14-18-26)32-28(36)20-34(30(40)41)24-9-5-2-6-10-24/h11-18,23-24H,1-10,19-20H2,(H,31,35)(H,32,36)(H,38,39)(H,40,41). The molecule has 7 nitrogen and oxygen atoms in total. The van der Waals surface area contributed by atoms with E-state index in [4.69, 9.17) is 29.2 Å². The molecule has 2 aromatic rings. The van der Waals surface area contributed by atoms with Crippen LogP contribution in [0.3, 0.4) is 0 Å². The molecule has 2 fully saturated rings. The molecular formula is C30H38N4O3S4. The van der Waals surface area contributed by atoms with Crippen molar-refractivity contribution in [1.29, 1.82) is 0 Å². The molecule has 4 rings (SSSR count). The van der Waals surface area contributed by atoms with Crippen LogP contribution in [0, 0.1) is 0 Å². The maximum Gasteiger partial charge on any atom is 0.243 e. The van der Waals surface area contributed by atoms with Crippen molar-refractivity contribution in [3.8, 4) is 11.5 Å². The molecule has 0 bridgehead atoms. The molecule has 0 radical (unpaired) electrons. The predicted molar refractivity (Wildman–Crippen MR) is 181 cm³/mol. The predicted octanol–water partition coefficient (Wildman–Crippen LogP) is 7.05. The smallest absolute Gasteiger partial charge is 0.243 e. The van der Waals surface area contributed by atoms with E-state index in [1.165, 1.54) is 12.8 Å². The molecule has 2 N–H and O–H groups in total. The number of carbonyl (C=O) groups excluding carboxylic acids is 2. The number of ether oxygens (including phenoxy) is 1. The minimum atomic E-state index is -0.128. The summed E-state index contributed by atoms with van der Waals surface area (Å²) in [5, 5.41) is 5.88. The van der Waals surface area contributed by atoms with Gasteiger partial charge in [-0.15, -0.1) is 25.3 Å². The van der Waals surface area contributed by atoms with Gasteiger partial charge >= 0.3 is 0 Å². The van der Waals surface area contributed by atoms with Gasteiger partial charge in [-0.05, 0) is 74.2 Å². The Morgan fingerprint density at radius 1 is 0.659 bits per heavy atom. The minimum Gasteiger partial charge on any atom is -0.457 e. The van der Waals surface area contributed by atoms with Crippen LogP contribution in [0.1, 0.15) is 64.2 Å². The van der Waals surface area contributed by atoms with Gasteiger partial charge in [0.25, 0.3) is 0 Å². The Labute approximate surface area is 264 Å². The van der Waals surface area contributed by atoms with E-state index in [2.05, 4.69) is 35.9 Å². The molecule has 220 valence electrons. The lowest BCUT2D eigenvalue weighted by molar-refractivity contribution is -0.117. The van der Waals surface area contributed by atoms with Gasteiger partial charge in [0.05, 0.1) is 13.1 Å². The van der Waals surface area contributed by atoms with Gasteiger partial charge in [-0.25, -0.2) is 0 Å². The number of nitrogens with one attached hydrogen (secondary N) is 2. The highest BCUT2D eigenvalue weighted by Crippen LogP contribution is 2.27. The summed E-state index contributed by atoms with van der Waals surface area (Å²) in [6.07, 6.45) is 11.2. The molecule has 0 unspecified atom stereocenters. The lowest BCUT2D eigenvalue weighted by atomic mass is 9.94. The first-order chi connectivity index (χ1) is 19.8. The number of hydrogen-bond acceptors (Lipinski definition) is 5. The van der Waals surface area contributed by atoms with Gasteiger partial charge in [0.1, 0.15) is 20.1 Å². The van der Waals surface area contributed by atoms with Crippen LogP contribution in [0.25, 0.3) is 0 Å². The summed E-state index contributed by atoms with van der Waals surface area (Å²) in [5.74, 6) is 1.00. The Morgan fingerprint density at radius 2 is 1.00 bits per heavy atom. The first-order valence-electron chi connectivity index (χ1n) is 14.3. The molecule has 41 heavy (non-hydrogen) atoms. The maximum atomic E-state index is 12.7. The Balaban J connectivity index is 1.25. The summed E-state index contributed by atoms with van der Waals surface area (Å²) in [4.78, 5) is 29.3. The second-order valence-corrected chi connectivity index (χ2v) is 12.9. The average molecular weight is 631 g/mol. The van der Waals surface area contributed by atoms with Gasteiger partial charge in [0.2, 0.25) is 11.8 Å². The van der Waals surface area contributed by atoms with Crippen molar-refractivity contribution in [3.63, 3.8) is 0 Å². The van der Waals surface area contributed by atoms with Gasteiger partial charge in [-0.3, -0.25) is 9.59 Å². The van der Waals surface area contributed by atoms with Crippen LogP contribution in [0.5, 0.6) is 11.5 Å². The molecule has 0 saturated heterocycles. The molecule has 0 heterocycles. The number of amides is 2. The van der Waals surface area contributed by atoms with Crippen molar-refractivity contribution in [2.75, 3.05) is 23.7 Å². The van der Waals surface area contributed by atoms with E-state index in [1.807, 2.05) is 9.80 Å². The molecular weight excluding hydrogens is 593 g/mol. The fourth-order valence-corrected chi connectivity index (χ4v) is 6.45. The average Bonchev–Trinajstić information content (AvgIpc) is 2.97. The van der Waals surface area contributed by atoms with Crippen LogP contribution >= 0.6 is 49.7 Å². The van der Waals surface area contributed by atoms with Gasteiger partial charge in [0.15, 0.2) is 0 Å². The van der Waals surface area contributed by atoms with Gasteiger partial charge in [0, 0.05) is 23.5 Å². The second kappa shape index (κ2) is 15.8. The quantitative estimate of drug-likeness (QED) is 0.166. The lowest BCUT2D eigenvalue weighted by Crippen LogP contribution is -2.43. The number of nitrogens with zero attached hydrogens (tertiary/aromatic N) is 2. The van der Waals surface area contributed by atoms with Crippen molar-refractivity contribution < 1.29 is 14.3 Å². The van der Waals surface area contributed by atoms with Crippen LogP contribution < -0.4 is 15.4 Å². The molecule has 2 amide bonds. The minimum absolute atomic E-state index is 0.128. The number of hydrogen-bond donors (Lipinski definition) is 4. The molecule has 2 aliphatic carbocycles. The van der Waals surface area contributed by atoms with Gasteiger partial charge in [-0.2, -0.15) is 0 Å². The number of thiocarbonyl (C=S) groups is 2. The van der Waals surface area contributed by atoms with Crippen molar-refractivity contribution in [2.24, 2.45) is 0 Å². The molecule has 0 spiro atoms. The third-order valence-corrected chi connectivity index (χ3v) is 8.64. The number of benzene rings is 2. The molecule has 2 saturated carbocycles. The highest BCUT2D eigenvalue weighted by atomic mass is 32.1. The Bertz CT molecular complexity index is 1100. The summed E-state index contributed by atoms with van der Waals surface area (Å²) in [7, 11) is 0. The van der Waals surface area contributed by atoms with E-state index in [9.17, 15) is 9.59 Å². The molecule has 0 aliphatic heterocycles. The van der Waals surface area contributed by atoms with Gasteiger partial charge < -0.3 is 25.2 Å². The number of carbonyl (C=O) groups is 2. The van der Waals surface area contributed by atoms with E-state index in [1.54, 1.807) is 48.5 Å². The summed E-state index contributed by atoms with van der Waals surface area (Å²) < 4.78 is 6.88. The molecule has 2 aliphatic rings. The van der Waals surface area contributed by atoms with Crippen LogP contribution in [0.4, 0.5) is 11.4 Å². The summed E-state index contributed by atoms with van der Waals surface area (Å²) in [6.45, 7) is 0.377. The molecule has 11 heteroatoms. The normalized spacial score (nSPS) is 16.0. The fourth-order valence-electron chi connectivity index (χ4n) is 5.55. The van der Waals surface area contributed by atoms with Crippen molar-refractivity contribution in [3.05, 3.63) is 48.5 Å². The molecule has 0 atom stereocenters. The second-order valence-electron chi connectivity index (χ2n) is 10.7. The maximum absolute atomic E-state index is 12.7. The zero-order valence-corrected chi connectivity index (χ0v) is 26.5. The zero-order chi connectivity index (χ0) is 29.2. The Hall–Kier alpha value is -2.34.